The van der Waals surface area contributed by atoms with E-state index in [0.29, 0.717) is 24.0 Å². The molecule has 3 rings (SSSR count). The first-order valence-corrected chi connectivity index (χ1v) is 6.49. The Kier molecular flexibility index (Phi) is 3.09. The van der Waals surface area contributed by atoms with Gasteiger partial charge in [-0.1, -0.05) is 0 Å². The van der Waals surface area contributed by atoms with Crippen LogP contribution in [0, 0.1) is 0 Å². The van der Waals surface area contributed by atoms with Gasteiger partial charge in [-0.05, 0) is 19.3 Å². The van der Waals surface area contributed by atoms with Crippen molar-refractivity contribution in [3.63, 3.8) is 0 Å². The molecule has 1 amide bonds. The van der Waals surface area contributed by atoms with Gasteiger partial charge in [0.25, 0.3) is 5.91 Å². The molecule has 0 unspecified atom stereocenters. The smallest absolute Gasteiger partial charge is 0.326 e. The second kappa shape index (κ2) is 4.92. The largest absolute Gasteiger partial charge is 0.480 e. The lowest BCUT2D eigenvalue weighted by atomic mass is 10.0. The number of piperidine rings is 1. The van der Waals surface area contributed by atoms with Crippen molar-refractivity contribution < 1.29 is 14.7 Å². The van der Waals surface area contributed by atoms with Gasteiger partial charge in [0.05, 0.1) is 23.5 Å². The minimum Gasteiger partial charge on any atom is -0.480 e. The molecule has 1 fully saturated rings. The lowest BCUT2D eigenvalue weighted by Gasteiger charge is -2.32. The molecular formula is C13H14N4O3. The molecular weight excluding hydrogens is 260 g/mol. The van der Waals surface area contributed by atoms with Gasteiger partial charge in [-0.2, -0.15) is 5.10 Å². The Labute approximate surface area is 114 Å². The standard InChI is InChI=1S/C13H14N4O3/c18-12(16-5-2-1-3-10(16)13(19)20)9-7-15-17-6-4-14-8-11(9)17/h4,6-8,10H,1-3,5H2,(H,19,20)/t10-/m0/s1. The van der Waals surface area contributed by atoms with Gasteiger partial charge in [0, 0.05) is 18.9 Å². The molecule has 1 aliphatic rings. The predicted octanol–water partition coefficient (Wildman–Crippen LogP) is 0.809. The maximum Gasteiger partial charge on any atom is 0.326 e. The number of fused-ring (bicyclic) bond motifs is 1. The summed E-state index contributed by atoms with van der Waals surface area (Å²) < 4.78 is 1.56. The Morgan fingerprint density at radius 3 is 2.95 bits per heavy atom. The van der Waals surface area contributed by atoms with E-state index in [0.717, 1.165) is 12.8 Å². The third-order valence-corrected chi connectivity index (χ3v) is 3.60. The third kappa shape index (κ3) is 2.01. The van der Waals surface area contributed by atoms with Crippen LogP contribution in [0.2, 0.25) is 0 Å². The molecule has 0 radical (unpaired) electrons. The fourth-order valence-corrected chi connectivity index (χ4v) is 2.59. The fourth-order valence-electron chi connectivity index (χ4n) is 2.59. The topological polar surface area (TPSA) is 87.8 Å². The fraction of sp³-hybridized carbons (Fsp3) is 0.385. The Morgan fingerprint density at radius 2 is 2.15 bits per heavy atom. The first-order chi connectivity index (χ1) is 9.68. The summed E-state index contributed by atoms with van der Waals surface area (Å²) >= 11 is 0. The highest BCUT2D eigenvalue weighted by Gasteiger charge is 2.33. The van der Waals surface area contributed by atoms with Crippen LogP contribution in [-0.4, -0.2) is 49.1 Å². The minimum absolute atomic E-state index is 0.292. The summed E-state index contributed by atoms with van der Waals surface area (Å²) in [4.78, 5) is 29.3. The second-order valence-corrected chi connectivity index (χ2v) is 4.81. The summed E-state index contributed by atoms with van der Waals surface area (Å²) in [5.41, 5.74) is 0.985. The third-order valence-electron chi connectivity index (χ3n) is 3.60. The lowest BCUT2D eigenvalue weighted by Crippen LogP contribution is -2.47. The molecule has 0 aromatic carbocycles. The number of carboxylic acids is 1. The highest BCUT2D eigenvalue weighted by Crippen LogP contribution is 2.21. The number of likely N-dealkylation sites (tertiary alicyclic amines) is 1. The summed E-state index contributed by atoms with van der Waals surface area (Å²) in [6, 6.07) is -0.747. The van der Waals surface area contributed by atoms with E-state index in [1.807, 2.05) is 0 Å². The molecule has 7 nitrogen and oxygen atoms in total. The molecule has 1 N–H and O–H groups in total. The van der Waals surface area contributed by atoms with Crippen molar-refractivity contribution in [2.45, 2.75) is 25.3 Å². The molecule has 2 aromatic rings. The molecule has 1 saturated heterocycles. The number of aromatic nitrogens is 3. The molecule has 104 valence electrons. The highest BCUT2D eigenvalue weighted by molar-refractivity contribution is 6.02. The van der Waals surface area contributed by atoms with Crippen LogP contribution in [0.3, 0.4) is 0 Å². The number of carbonyl (C=O) groups is 2. The molecule has 1 aliphatic heterocycles. The van der Waals surface area contributed by atoms with Crippen molar-refractivity contribution in [1.29, 1.82) is 0 Å². The summed E-state index contributed by atoms with van der Waals surface area (Å²) in [5.74, 6) is -1.24. The lowest BCUT2D eigenvalue weighted by molar-refractivity contribution is -0.143. The second-order valence-electron chi connectivity index (χ2n) is 4.81. The minimum atomic E-state index is -0.951. The van der Waals surface area contributed by atoms with Crippen LogP contribution in [0.5, 0.6) is 0 Å². The molecule has 0 spiro atoms. The van der Waals surface area contributed by atoms with Crippen molar-refractivity contribution in [3.05, 3.63) is 30.4 Å². The zero-order chi connectivity index (χ0) is 14.1. The summed E-state index contributed by atoms with van der Waals surface area (Å²) in [6.07, 6.45) is 8.40. The van der Waals surface area contributed by atoms with Gasteiger partial charge in [-0.25, -0.2) is 9.31 Å². The van der Waals surface area contributed by atoms with Gasteiger partial charge < -0.3 is 10.0 Å². The summed E-state index contributed by atoms with van der Waals surface area (Å²) in [7, 11) is 0. The van der Waals surface area contributed by atoms with Gasteiger partial charge in [0.2, 0.25) is 0 Å². The molecule has 0 bridgehead atoms. The number of carbonyl (C=O) groups excluding carboxylic acids is 1. The molecule has 20 heavy (non-hydrogen) atoms. The van der Waals surface area contributed by atoms with E-state index in [4.69, 9.17) is 0 Å². The van der Waals surface area contributed by atoms with Gasteiger partial charge in [0.1, 0.15) is 6.04 Å². The molecule has 2 aromatic heterocycles. The molecule has 0 saturated carbocycles. The zero-order valence-corrected chi connectivity index (χ0v) is 10.8. The van der Waals surface area contributed by atoms with E-state index in [1.54, 1.807) is 23.1 Å². The summed E-state index contributed by atoms with van der Waals surface area (Å²) in [5, 5.41) is 13.3. The molecule has 3 heterocycles. The van der Waals surface area contributed by atoms with Gasteiger partial charge >= 0.3 is 5.97 Å². The number of carboxylic acid groups (broad SMARTS) is 1. The van der Waals surface area contributed by atoms with Crippen LogP contribution < -0.4 is 0 Å². The average molecular weight is 274 g/mol. The van der Waals surface area contributed by atoms with Gasteiger partial charge in [-0.15, -0.1) is 0 Å². The monoisotopic (exact) mass is 274 g/mol. The molecule has 1 atom stereocenters. The number of rotatable bonds is 2. The average Bonchev–Trinajstić information content (AvgIpc) is 2.90. The molecule has 7 heteroatoms. The van der Waals surface area contributed by atoms with Crippen LogP contribution in [-0.2, 0) is 4.79 Å². The van der Waals surface area contributed by atoms with Crippen LogP contribution >= 0.6 is 0 Å². The number of aliphatic carboxylic acids is 1. The van der Waals surface area contributed by atoms with E-state index in [9.17, 15) is 14.7 Å². The van der Waals surface area contributed by atoms with Gasteiger partial charge in [0.15, 0.2) is 0 Å². The summed E-state index contributed by atoms with van der Waals surface area (Å²) in [6.45, 7) is 0.466. The Morgan fingerprint density at radius 1 is 1.30 bits per heavy atom. The Balaban J connectivity index is 1.96. The van der Waals surface area contributed by atoms with E-state index in [-0.39, 0.29) is 5.91 Å². The highest BCUT2D eigenvalue weighted by atomic mass is 16.4. The SMILES string of the molecule is O=C(O)[C@@H]1CCCCN1C(=O)c1cnn2ccncc12. The van der Waals surface area contributed by atoms with Crippen LogP contribution in [0.25, 0.3) is 5.52 Å². The zero-order valence-electron chi connectivity index (χ0n) is 10.8. The van der Waals surface area contributed by atoms with Crippen molar-refractivity contribution in [1.82, 2.24) is 19.5 Å². The van der Waals surface area contributed by atoms with E-state index in [1.165, 1.54) is 11.1 Å². The van der Waals surface area contributed by atoms with Crippen molar-refractivity contribution in [3.8, 4) is 0 Å². The van der Waals surface area contributed by atoms with E-state index in [2.05, 4.69) is 10.1 Å². The van der Waals surface area contributed by atoms with Crippen LogP contribution in [0.1, 0.15) is 29.6 Å². The van der Waals surface area contributed by atoms with Gasteiger partial charge in [-0.3, -0.25) is 9.78 Å². The van der Waals surface area contributed by atoms with Crippen LogP contribution in [0.4, 0.5) is 0 Å². The maximum absolute atomic E-state index is 12.6. The van der Waals surface area contributed by atoms with E-state index >= 15 is 0 Å². The quantitative estimate of drug-likeness (QED) is 0.875. The Hall–Kier alpha value is -2.44. The van der Waals surface area contributed by atoms with Crippen molar-refractivity contribution in [2.75, 3.05) is 6.54 Å². The number of nitrogens with zero attached hydrogens (tertiary/aromatic N) is 4. The Bertz CT molecular complexity index is 666. The predicted molar refractivity (Wildman–Crippen MR) is 69.3 cm³/mol. The molecule has 0 aliphatic carbocycles. The van der Waals surface area contributed by atoms with E-state index < -0.39 is 12.0 Å². The normalized spacial score (nSPS) is 19.2. The van der Waals surface area contributed by atoms with Crippen LogP contribution in [0.15, 0.2) is 24.8 Å². The first-order valence-electron chi connectivity index (χ1n) is 6.49. The van der Waals surface area contributed by atoms with Crippen molar-refractivity contribution >= 4 is 17.4 Å². The number of hydrogen-bond acceptors (Lipinski definition) is 4. The number of amides is 1. The maximum atomic E-state index is 12.6. The van der Waals surface area contributed by atoms with Crippen molar-refractivity contribution in [2.24, 2.45) is 0 Å². The first kappa shape index (κ1) is 12.6. The number of hydrogen-bond donors (Lipinski definition) is 1.